The first-order chi connectivity index (χ1) is 18.0. The molecular formula is C24H28N8O5. The largest absolute Gasteiger partial charge is 0.496 e. The molecule has 13 heteroatoms. The van der Waals surface area contributed by atoms with Crippen LogP contribution >= 0.6 is 0 Å². The number of ether oxygens (including phenoxy) is 3. The van der Waals surface area contributed by atoms with Crippen molar-refractivity contribution in [3.8, 4) is 17.2 Å². The molecule has 1 aromatic heterocycles. The lowest BCUT2D eigenvalue weighted by molar-refractivity contribution is -0.384. The predicted octanol–water partition coefficient (Wildman–Crippen LogP) is 3.99. The van der Waals surface area contributed by atoms with Gasteiger partial charge in [-0.15, -0.1) is 0 Å². The summed E-state index contributed by atoms with van der Waals surface area (Å²) in [5, 5.41) is 18.3. The number of methoxy groups -OCH3 is 3. The van der Waals surface area contributed by atoms with E-state index >= 15 is 0 Å². The van der Waals surface area contributed by atoms with Crippen molar-refractivity contribution < 1.29 is 19.1 Å². The Morgan fingerprint density at radius 2 is 1.57 bits per heavy atom. The molecule has 1 fully saturated rings. The molecular weight excluding hydrogens is 480 g/mol. The van der Waals surface area contributed by atoms with Gasteiger partial charge in [0, 0.05) is 42.5 Å². The molecule has 0 saturated carbocycles. The topological polar surface area (TPSA) is 149 Å². The molecule has 1 aliphatic heterocycles. The van der Waals surface area contributed by atoms with E-state index in [0.717, 1.165) is 32.4 Å². The van der Waals surface area contributed by atoms with Gasteiger partial charge >= 0.3 is 0 Å². The summed E-state index contributed by atoms with van der Waals surface area (Å²) in [6, 6.07) is 9.47. The molecule has 2 aromatic carbocycles. The van der Waals surface area contributed by atoms with E-state index in [1.165, 1.54) is 12.1 Å². The first-order valence-corrected chi connectivity index (χ1v) is 11.6. The summed E-state index contributed by atoms with van der Waals surface area (Å²) in [7, 11) is 4.66. The molecule has 0 unspecified atom stereocenters. The number of nitro benzene ring substituents is 1. The molecule has 2 N–H and O–H groups in total. The third kappa shape index (κ3) is 6.31. The van der Waals surface area contributed by atoms with Crippen molar-refractivity contribution in [2.45, 2.75) is 19.3 Å². The highest BCUT2D eigenvalue weighted by molar-refractivity contribution is 5.85. The van der Waals surface area contributed by atoms with E-state index in [1.54, 1.807) is 51.8 Å². The Balaban J connectivity index is 1.59. The van der Waals surface area contributed by atoms with Gasteiger partial charge in [0.05, 0.1) is 32.5 Å². The van der Waals surface area contributed by atoms with E-state index in [-0.39, 0.29) is 17.6 Å². The molecule has 0 spiro atoms. The van der Waals surface area contributed by atoms with Crippen molar-refractivity contribution in [3.05, 3.63) is 52.1 Å². The van der Waals surface area contributed by atoms with E-state index in [1.807, 2.05) is 0 Å². The summed E-state index contributed by atoms with van der Waals surface area (Å²) >= 11 is 0. The highest BCUT2D eigenvalue weighted by Crippen LogP contribution is 2.33. The van der Waals surface area contributed by atoms with Crippen LogP contribution in [0.4, 0.5) is 29.2 Å². The Kier molecular flexibility index (Phi) is 8.13. The number of piperidine rings is 1. The van der Waals surface area contributed by atoms with Gasteiger partial charge in [-0.05, 0) is 37.5 Å². The first kappa shape index (κ1) is 25.4. The molecule has 0 bridgehead atoms. The minimum Gasteiger partial charge on any atom is -0.496 e. The monoisotopic (exact) mass is 508 g/mol. The molecule has 1 saturated heterocycles. The number of nitrogens with zero attached hydrogens (tertiary/aromatic N) is 6. The van der Waals surface area contributed by atoms with Crippen molar-refractivity contribution in [1.82, 2.24) is 15.0 Å². The van der Waals surface area contributed by atoms with Gasteiger partial charge in [0.25, 0.3) is 5.69 Å². The maximum atomic E-state index is 10.9. The molecule has 0 radical (unpaired) electrons. The van der Waals surface area contributed by atoms with E-state index in [0.29, 0.717) is 34.4 Å². The molecule has 0 aliphatic carbocycles. The number of non-ortho nitro benzene ring substituents is 1. The third-order valence-corrected chi connectivity index (χ3v) is 5.70. The van der Waals surface area contributed by atoms with Crippen LogP contribution in [0.3, 0.4) is 0 Å². The molecule has 194 valence electrons. The van der Waals surface area contributed by atoms with Crippen LogP contribution in [-0.2, 0) is 0 Å². The van der Waals surface area contributed by atoms with Crippen molar-refractivity contribution in [1.29, 1.82) is 0 Å². The molecule has 13 nitrogen and oxygen atoms in total. The van der Waals surface area contributed by atoms with Gasteiger partial charge in [0.2, 0.25) is 17.8 Å². The van der Waals surface area contributed by atoms with Crippen LogP contribution in [-0.4, -0.2) is 60.5 Å². The van der Waals surface area contributed by atoms with Crippen molar-refractivity contribution in [2.75, 3.05) is 50.1 Å². The highest BCUT2D eigenvalue weighted by Gasteiger charge is 2.17. The van der Waals surface area contributed by atoms with Crippen molar-refractivity contribution >= 4 is 35.4 Å². The van der Waals surface area contributed by atoms with Gasteiger partial charge in [0.1, 0.15) is 5.75 Å². The zero-order chi connectivity index (χ0) is 26.2. The number of hydrazone groups is 1. The maximum absolute atomic E-state index is 10.9. The first-order valence-electron chi connectivity index (χ1n) is 11.6. The Morgan fingerprint density at radius 1 is 0.919 bits per heavy atom. The summed E-state index contributed by atoms with van der Waals surface area (Å²) in [5.74, 6) is 2.65. The number of rotatable bonds is 10. The zero-order valence-corrected chi connectivity index (χ0v) is 20.8. The number of nitro groups is 1. The summed E-state index contributed by atoms with van der Waals surface area (Å²) in [6.45, 7) is 1.68. The van der Waals surface area contributed by atoms with Gasteiger partial charge in [0.15, 0.2) is 11.5 Å². The summed E-state index contributed by atoms with van der Waals surface area (Å²) in [6.07, 6.45) is 4.83. The maximum Gasteiger partial charge on any atom is 0.269 e. The van der Waals surface area contributed by atoms with Crippen LogP contribution in [0.1, 0.15) is 24.8 Å². The van der Waals surface area contributed by atoms with Crippen LogP contribution < -0.4 is 29.9 Å². The van der Waals surface area contributed by atoms with E-state index in [2.05, 4.69) is 35.7 Å². The second kappa shape index (κ2) is 11.8. The number of anilines is 4. The highest BCUT2D eigenvalue weighted by atomic mass is 16.6. The Labute approximate surface area is 213 Å². The zero-order valence-electron chi connectivity index (χ0n) is 20.8. The average molecular weight is 509 g/mol. The third-order valence-electron chi connectivity index (χ3n) is 5.70. The summed E-state index contributed by atoms with van der Waals surface area (Å²) in [5.41, 5.74) is 4.12. The van der Waals surface area contributed by atoms with Crippen LogP contribution in [0.15, 0.2) is 41.5 Å². The predicted molar refractivity (Wildman–Crippen MR) is 140 cm³/mol. The van der Waals surface area contributed by atoms with Crippen LogP contribution in [0, 0.1) is 10.1 Å². The molecule has 2 heterocycles. The standard InChI is InChI=1S/C24H28N8O5/c1-35-19-14-21(37-3)20(36-2)13-16(19)15-25-30-23-27-22(26-17-7-9-18(10-8-17)32(33)34)28-24(29-23)31-11-5-4-6-12-31/h7-10,13-15H,4-6,11-12H2,1-3H3,(H2,26,27,28,29,30)/b25-15-. The van der Waals surface area contributed by atoms with Crippen LogP contribution in [0.2, 0.25) is 0 Å². The normalized spacial score (nSPS) is 13.3. The van der Waals surface area contributed by atoms with E-state index in [9.17, 15) is 10.1 Å². The lowest BCUT2D eigenvalue weighted by Gasteiger charge is -2.26. The fraction of sp³-hybridized carbons (Fsp3) is 0.333. The summed E-state index contributed by atoms with van der Waals surface area (Å²) in [4.78, 5) is 26.1. The van der Waals surface area contributed by atoms with Gasteiger partial charge in [-0.2, -0.15) is 20.1 Å². The lowest BCUT2D eigenvalue weighted by atomic mass is 10.1. The van der Waals surface area contributed by atoms with Gasteiger partial charge in [-0.3, -0.25) is 10.1 Å². The van der Waals surface area contributed by atoms with Gasteiger partial charge < -0.3 is 24.4 Å². The Hall–Kier alpha value is -4.68. The molecule has 0 atom stereocenters. The van der Waals surface area contributed by atoms with E-state index in [4.69, 9.17) is 14.2 Å². The minimum atomic E-state index is -0.450. The van der Waals surface area contributed by atoms with Crippen molar-refractivity contribution in [2.24, 2.45) is 5.10 Å². The quantitative estimate of drug-likeness (QED) is 0.232. The SMILES string of the molecule is COc1cc(OC)c(OC)cc1/C=N\Nc1nc(Nc2ccc([N+](=O)[O-])cc2)nc(N2CCCCC2)n1. The molecule has 1 aliphatic rings. The number of hydrogen-bond donors (Lipinski definition) is 2. The fourth-order valence-electron chi connectivity index (χ4n) is 3.81. The van der Waals surface area contributed by atoms with Gasteiger partial charge in [-0.1, -0.05) is 0 Å². The molecule has 37 heavy (non-hydrogen) atoms. The molecule has 3 aromatic rings. The number of benzene rings is 2. The van der Waals surface area contributed by atoms with E-state index < -0.39 is 4.92 Å². The fourth-order valence-corrected chi connectivity index (χ4v) is 3.81. The minimum absolute atomic E-state index is 0.00233. The smallest absolute Gasteiger partial charge is 0.269 e. The van der Waals surface area contributed by atoms with Crippen LogP contribution in [0.5, 0.6) is 17.2 Å². The van der Waals surface area contributed by atoms with Crippen LogP contribution in [0.25, 0.3) is 0 Å². The van der Waals surface area contributed by atoms with Gasteiger partial charge in [-0.25, -0.2) is 5.43 Å². The number of hydrogen-bond acceptors (Lipinski definition) is 12. The lowest BCUT2D eigenvalue weighted by Crippen LogP contribution is -2.31. The Morgan fingerprint density at radius 3 is 2.22 bits per heavy atom. The second-order valence-corrected chi connectivity index (χ2v) is 8.08. The molecule has 0 amide bonds. The number of nitrogens with one attached hydrogen (secondary N) is 2. The average Bonchev–Trinajstić information content (AvgIpc) is 2.93. The summed E-state index contributed by atoms with van der Waals surface area (Å²) < 4.78 is 16.1. The van der Waals surface area contributed by atoms with Crippen molar-refractivity contribution in [3.63, 3.8) is 0 Å². The number of aromatic nitrogens is 3. The second-order valence-electron chi connectivity index (χ2n) is 8.08. The molecule has 4 rings (SSSR count). The Bertz CT molecular complexity index is 1260.